The van der Waals surface area contributed by atoms with Gasteiger partial charge < -0.3 is 15.2 Å². The third kappa shape index (κ3) is 4.85. The highest BCUT2D eigenvalue weighted by molar-refractivity contribution is 6.35. The lowest BCUT2D eigenvalue weighted by atomic mass is 10.2. The van der Waals surface area contributed by atoms with E-state index in [2.05, 4.69) is 5.32 Å². The summed E-state index contributed by atoms with van der Waals surface area (Å²) in [4.78, 5) is 10.8. The summed E-state index contributed by atoms with van der Waals surface area (Å²) < 4.78 is 5.49. The van der Waals surface area contributed by atoms with E-state index in [0.717, 1.165) is 5.69 Å². The number of hydrogen-bond donors (Lipinski definition) is 2. The van der Waals surface area contributed by atoms with E-state index in [1.54, 1.807) is 30.3 Å². The van der Waals surface area contributed by atoms with Crippen LogP contribution in [-0.2, 0) is 0 Å². The van der Waals surface area contributed by atoms with Crippen molar-refractivity contribution < 1.29 is 14.6 Å². The van der Waals surface area contributed by atoms with Gasteiger partial charge in [-0.1, -0.05) is 29.3 Å². The molecule has 2 aromatic rings. The van der Waals surface area contributed by atoms with Gasteiger partial charge in [0.1, 0.15) is 12.4 Å². The van der Waals surface area contributed by atoms with Crippen LogP contribution < -0.4 is 10.1 Å². The number of carboxylic acids is 1. The van der Waals surface area contributed by atoms with Crippen molar-refractivity contribution in [1.29, 1.82) is 0 Å². The first-order valence-electron chi connectivity index (χ1n) is 6.21. The second kappa shape index (κ2) is 7.20. The Morgan fingerprint density at radius 3 is 2.52 bits per heavy atom. The first kappa shape index (κ1) is 15.5. The predicted octanol–water partition coefficient (Wildman–Crippen LogP) is 4.18. The fourth-order valence-electron chi connectivity index (χ4n) is 1.74. The number of carboxylic acid groups (broad SMARTS) is 1. The Balaban J connectivity index is 1.84. The summed E-state index contributed by atoms with van der Waals surface area (Å²) in [6, 6.07) is 11.5. The molecule has 2 aromatic carbocycles. The van der Waals surface area contributed by atoms with Crippen molar-refractivity contribution in [2.75, 3.05) is 18.5 Å². The summed E-state index contributed by atoms with van der Waals surface area (Å²) in [5.41, 5.74) is 0.998. The molecule has 0 radical (unpaired) electrons. The minimum atomic E-state index is -0.979. The zero-order chi connectivity index (χ0) is 15.2. The molecule has 0 unspecified atom stereocenters. The normalized spacial score (nSPS) is 10.2. The number of nitrogens with one attached hydrogen (secondary N) is 1. The lowest BCUT2D eigenvalue weighted by molar-refractivity contribution is 0.0696. The van der Waals surface area contributed by atoms with Crippen LogP contribution in [0.4, 0.5) is 5.69 Å². The lowest BCUT2D eigenvalue weighted by Crippen LogP contribution is -2.11. The SMILES string of the molecule is O=C(O)c1cccc(OCCNc2cc(Cl)cc(Cl)c2)c1. The van der Waals surface area contributed by atoms with Gasteiger partial charge in [-0.25, -0.2) is 4.79 Å². The van der Waals surface area contributed by atoms with Gasteiger partial charge in [-0.15, -0.1) is 0 Å². The molecule has 0 aliphatic heterocycles. The van der Waals surface area contributed by atoms with Crippen molar-refractivity contribution in [3.05, 3.63) is 58.1 Å². The van der Waals surface area contributed by atoms with Gasteiger partial charge in [-0.05, 0) is 36.4 Å². The molecule has 0 aliphatic rings. The number of aromatic carboxylic acids is 1. The monoisotopic (exact) mass is 325 g/mol. The largest absolute Gasteiger partial charge is 0.492 e. The standard InChI is InChI=1S/C15H13Cl2NO3/c16-11-7-12(17)9-13(8-11)18-4-5-21-14-3-1-2-10(6-14)15(19)20/h1-3,6-9,18H,4-5H2,(H,19,20). The molecule has 0 atom stereocenters. The molecule has 0 heterocycles. The average molecular weight is 326 g/mol. The topological polar surface area (TPSA) is 58.6 Å². The molecular formula is C15H13Cl2NO3. The maximum Gasteiger partial charge on any atom is 0.335 e. The van der Waals surface area contributed by atoms with E-state index >= 15 is 0 Å². The zero-order valence-electron chi connectivity index (χ0n) is 11.0. The average Bonchev–Trinajstić information content (AvgIpc) is 2.43. The summed E-state index contributed by atoms with van der Waals surface area (Å²) in [6.45, 7) is 0.918. The Morgan fingerprint density at radius 2 is 1.86 bits per heavy atom. The molecule has 4 nitrogen and oxygen atoms in total. The van der Waals surface area contributed by atoms with Crippen molar-refractivity contribution in [2.24, 2.45) is 0 Å². The minimum Gasteiger partial charge on any atom is -0.492 e. The van der Waals surface area contributed by atoms with Crippen LogP contribution in [0, 0.1) is 0 Å². The minimum absolute atomic E-state index is 0.196. The van der Waals surface area contributed by atoms with E-state index in [1.807, 2.05) is 0 Å². The van der Waals surface area contributed by atoms with Crippen LogP contribution in [0.25, 0.3) is 0 Å². The van der Waals surface area contributed by atoms with Crippen LogP contribution >= 0.6 is 23.2 Å². The zero-order valence-corrected chi connectivity index (χ0v) is 12.5. The van der Waals surface area contributed by atoms with Gasteiger partial charge in [0.05, 0.1) is 5.56 Å². The number of hydrogen-bond acceptors (Lipinski definition) is 3. The summed E-state index contributed by atoms with van der Waals surface area (Å²) in [7, 11) is 0. The van der Waals surface area contributed by atoms with E-state index in [0.29, 0.717) is 28.9 Å². The molecule has 6 heteroatoms. The van der Waals surface area contributed by atoms with Crippen LogP contribution in [0.5, 0.6) is 5.75 Å². The Bertz CT molecular complexity index is 626. The van der Waals surface area contributed by atoms with Crippen LogP contribution in [0.3, 0.4) is 0 Å². The van der Waals surface area contributed by atoms with Crippen molar-refractivity contribution in [2.45, 2.75) is 0 Å². The second-order valence-corrected chi connectivity index (χ2v) is 5.14. The molecule has 0 saturated carbocycles. The van der Waals surface area contributed by atoms with Gasteiger partial charge in [-0.2, -0.15) is 0 Å². The number of benzene rings is 2. The number of carbonyl (C=O) groups is 1. The second-order valence-electron chi connectivity index (χ2n) is 4.27. The van der Waals surface area contributed by atoms with Crippen LogP contribution in [0.1, 0.15) is 10.4 Å². The first-order valence-corrected chi connectivity index (χ1v) is 6.96. The van der Waals surface area contributed by atoms with Crippen molar-refractivity contribution >= 4 is 34.9 Å². The summed E-state index contributed by atoms with van der Waals surface area (Å²) in [5, 5.41) is 13.1. The quantitative estimate of drug-likeness (QED) is 0.782. The van der Waals surface area contributed by atoms with Gasteiger partial charge in [0.25, 0.3) is 0 Å². The van der Waals surface area contributed by atoms with Gasteiger partial charge in [-0.3, -0.25) is 0 Å². The first-order chi connectivity index (χ1) is 10.0. The van der Waals surface area contributed by atoms with Crippen LogP contribution in [0.2, 0.25) is 10.0 Å². The molecular weight excluding hydrogens is 313 g/mol. The molecule has 0 aromatic heterocycles. The van der Waals surface area contributed by atoms with Crippen LogP contribution in [0.15, 0.2) is 42.5 Å². The number of anilines is 1. The van der Waals surface area contributed by atoms with E-state index in [4.69, 9.17) is 33.0 Å². The molecule has 0 aliphatic carbocycles. The maximum absolute atomic E-state index is 10.8. The fraction of sp³-hybridized carbons (Fsp3) is 0.133. The highest BCUT2D eigenvalue weighted by atomic mass is 35.5. The highest BCUT2D eigenvalue weighted by Gasteiger charge is 2.03. The number of halogens is 2. The van der Waals surface area contributed by atoms with Gasteiger partial charge in [0.2, 0.25) is 0 Å². The van der Waals surface area contributed by atoms with E-state index in [9.17, 15) is 4.79 Å². The lowest BCUT2D eigenvalue weighted by Gasteiger charge is -2.09. The molecule has 21 heavy (non-hydrogen) atoms. The third-order valence-electron chi connectivity index (χ3n) is 2.64. The number of ether oxygens (including phenoxy) is 1. The molecule has 2 rings (SSSR count). The molecule has 0 bridgehead atoms. The molecule has 0 spiro atoms. The smallest absolute Gasteiger partial charge is 0.335 e. The summed E-state index contributed by atoms with van der Waals surface area (Å²) in [5.74, 6) is -0.465. The van der Waals surface area contributed by atoms with Crippen LogP contribution in [-0.4, -0.2) is 24.2 Å². The predicted molar refractivity (Wildman–Crippen MR) is 83.8 cm³/mol. The molecule has 0 fully saturated rings. The Kier molecular flexibility index (Phi) is 5.31. The number of rotatable bonds is 6. The maximum atomic E-state index is 10.8. The van der Waals surface area contributed by atoms with E-state index in [1.165, 1.54) is 12.1 Å². The molecule has 110 valence electrons. The van der Waals surface area contributed by atoms with Gasteiger partial charge in [0, 0.05) is 22.3 Å². The summed E-state index contributed by atoms with van der Waals surface area (Å²) in [6.07, 6.45) is 0. The Morgan fingerprint density at radius 1 is 1.14 bits per heavy atom. The molecule has 0 amide bonds. The van der Waals surface area contributed by atoms with Crippen molar-refractivity contribution in [3.8, 4) is 5.75 Å². The van der Waals surface area contributed by atoms with E-state index < -0.39 is 5.97 Å². The Hall–Kier alpha value is -1.91. The van der Waals surface area contributed by atoms with Crippen molar-refractivity contribution in [1.82, 2.24) is 0 Å². The molecule has 2 N–H and O–H groups in total. The summed E-state index contributed by atoms with van der Waals surface area (Å²) >= 11 is 11.8. The fourth-order valence-corrected chi connectivity index (χ4v) is 2.27. The van der Waals surface area contributed by atoms with E-state index in [-0.39, 0.29) is 5.56 Å². The Labute approximate surface area is 132 Å². The highest BCUT2D eigenvalue weighted by Crippen LogP contribution is 2.22. The van der Waals surface area contributed by atoms with Gasteiger partial charge >= 0.3 is 5.97 Å². The van der Waals surface area contributed by atoms with Crippen molar-refractivity contribution in [3.63, 3.8) is 0 Å². The van der Waals surface area contributed by atoms with Gasteiger partial charge in [0.15, 0.2) is 0 Å². The third-order valence-corrected chi connectivity index (χ3v) is 3.08. The molecule has 0 saturated heterocycles.